The van der Waals surface area contributed by atoms with E-state index in [1.165, 1.54) is 135 Å². The largest absolute Gasteiger partial charge is 0.465 e. The van der Waals surface area contributed by atoms with Crippen LogP contribution in [0.4, 0.5) is 0 Å². The molecule has 350 valence electrons. The van der Waals surface area contributed by atoms with Crippen LogP contribution in [0.1, 0.15) is 252 Å². The molecule has 0 saturated heterocycles. The van der Waals surface area contributed by atoms with E-state index in [2.05, 4.69) is 37.5 Å². The van der Waals surface area contributed by atoms with Gasteiger partial charge in [0.1, 0.15) is 0 Å². The van der Waals surface area contributed by atoms with E-state index in [-0.39, 0.29) is 30.4 Å². The summed E-state index contributed by atoms with van der Waals surface area (Å²) in [4.78, 5) is 31.2. The van der Waals surface area contributed by atoms with Gasteiger partial charge in [-0.2, -0.15) is 0 Å². The molecule has 7 nitrogen and oxygen atoms in total. The maximum absolute atomic E-state index is 13.0. The van der Waals surface area contributed by atoms with Gasteiger partial charge in [0.05, 0.1) is 31.7 Å². The van der Waals surface area contributed by atoms with Crippen molar-refractivity contribution in [3.63, 3.8) is 0 Å². The summed E-state index contributed by atoms with van der Waals surface area (Å²) in [6.45, 7) is 15.4. The number of carbonyl (C=O) groups excluding carboxylic acids is 2. The van der Waals surface area contributed by atoms with Gasteiger partial charge in [-0.3, -0.25) is 19.4 Å². The molecule has 1 aliphatic carbocycles. The van der Waals surface area contributed by atoms with E-state index in [1.807, 2.05) is 0 Å². The molecule has 0 aromatic heterocycles. The van der Waals surface area contributed by atoms with Crippen molar-refractivity contribution in [3.05, 3.63) is 0 Å². The lowest BCUT2D eigenvalue weighted by atomic mass is 9.91. The van der Waals surface area contributed by atoms with Crippen molar-refractivity contribution in [1.29, 1.82) is 0 Å². The summed E-state index contributed by atoms with van der Waals surface area (Å²) in [7, 11) is 0. The fourth-order valence-corrected chi connectivity index (χ4v) is 8.86. The van der Waals surface area contributed by atoms with Crippen LogP contribution in [0.15, 0.2) is 0 Å². The zero-order chi connectivity index (χ0) is 42.9. The van der Waals surface area contributed by atoms with Crippen LogP contribution in [0.3, 0.4) is 0 Å². The van der Waals surface area contributed by atoms with Crippen LogP contribution in [-0.4, -0.2) is 85.4 Å². The van der Waals surface area contributed by atoms with Crippen molar-refractivity contribution in [2.45, 2.75) is 258 Å². The molecule has 0 heterocycles. The number of hydrogen-bond acceptors (Lipinski definition) is 7. The van der Waals surface area contributed by atoms with Crippen LogP contribution in [0.2, 0.25) is 0 Å². The molecular formula is C52H102N2O5. The molecule has 0 spiro atoms. The third-order valence-corrected chi connectivity index (χ3v) is 13.2. The quantitative estimate of drug-likeness (QED) is 0.0483. The average Bonchev–Trinajstić information content (AvgIpc) is 3.21. The van der Waals surface area contributed by atoms with Crippen molar-refractivity contribution in [1.82, 2.24) is 9.80 Å². The summed E-state index contributed by atoms with van der Waals surface area (Å²) in [6, 6.07) is 0.720. The van der Waals surface area contributed by atoms with E-state index in [0.29, 0.717) is 13.2 Å². The van der Waals surface area contributed by atoms with Crippen LogP contribution in [-0.2, 0) is 19.1 Å². The molecule has 2 atom stereocenters. The molecule has 59 heavy (non-hydrogen) atoms. The fraction of sp³-hybridized carbons (Fsp3) is 0.962. The number of aliphatic hydroxyl groups is 1. The monoisotopic (exact) mass is 835 g/mol. The minimum absolute atomic E-state index is 0.0524. The van der Waals surface area contributed by atoms with Crippen molar-refractivity contribution in [2.24, 2.45) is 11.8 Å². The maximum atomic E-state index is 13.0. The minimum Gasteiger partial charge on any atom is -0.465 e. The molecule has 0 aliphatic heterocycles. The highest BCUT2D eigenvalue weighted by atomic mass is 16.5. The number of rotatable bonds is 46. The fourth-order valence-electron chi connectivity index (χ4n) is 8.86. The predicted molar refractivity (Wildman–Crippen MR) is 252 cm³/mol. The topological polar surface area (TPSA) is 79.3 Å². The Bertz CT molecular complexity index is 914. The average molecular weight is 835 g/mol. The first kappa shape index (κ1) is 55.8. The Hall–Kier alpha value is -1.18. The zero-order valence-electron chi connectivity index (χ0n) is 40.1. The van der Waals surface area contributed by atoms with Gasteiger partial charge in [-0.05, 0) is 77.3 Å². The Morgan fingerprint density at radius 3 is 1.24 bits per heavy atom. The molecular weight excluding hydrogens is 733 g/mol. The van der Waals surface area contributed by atoms with Gasteiger partial charge in [0.25, 0.3) is 0 Å². The summed E-state index contributed by atoms with van der Waals surface area (Å²) in [5.74, 6) is 0.299. The van der Waals surface area contributed by atoms with Crippen LogP contribution >= 0.6 is 0 Å². The van der Waals surface area contributed by atoms with Crippen molar-refractivity contribution in [2.75, 3.05) is 52.5 Å². The number of hydrogen-bond donors (Lipinski definition) is 1. The van der Waals surface area contributed by atoms with E-state index in [1.54, 1.807) is 0 Å². The first-order valence-corrected chi connectivity index (χ1v) is 26.4. The third-order valence-electron chi connectivity index (χ3n) is 13.2. The molecule has 1 fully saturated rings. The molecule has 0 aromatic rings. The lowest BCUT2D eigenvalue weighted by molar-refractivity contribution is -0.150. The van der Waals surface area contributed by atoms with Gasteiger partial charge >= 0.3 is 11.9 Å². The van der Waals surface area contributed by atoms with Gasteiger partial charge in [-0.1, -0.05) is 188 Å². The second-order valence-electron chi connectivity index (χ2n) is 18.6. The molecule has 0 radical (unpaired) electrons. The van der Waals surface area contributed by atoms with Gasteiger partial charge < -0.3 is 14.6 Å². The standard InChI is InChI=1S/C52H102N2O5/c1-5-9-13-17-19-27-36-48(34-25-15-11-7-3)51(56)58-46-31-23-21-29-40-53(44-45-55)42-43-54(50-38-33-39-50)41-30-22-24-32-47-59-52(57)49(35-26-16-12-8-4)37-28-20-18-14-10-6-2/h48-50,55H,5-47H2,1-4H3. The molecule has 1 N–H and O–H groups in total. The molecule has 1 rings (SSSR count). The molecule has 0 bridgehead atoms. The van der Waals surface area contributed by atoms with E-state index in [4.69, 9.17) is 9.47 Å². The minimum atomic E-state index is 0.0524. The number of unbranched alkanes of at least 4 members (excludes halogenated alkanes) is 22. The van der Waals surface area contributed by atoms with Crippen LogP contribution < -0.4 is 0 Å². The number of nitrogens with zero attached hydrogens (tertiary/aromatic N) is 2. The molecule has 7 heteroatoms. The molecule has 0 aromatic carbocycles. The first-order valence-electron chi connectivity index (χ1n) is 26.4. The van der Waals surface area contributed by atoms with Crippen LogP contribution in [0.25, 0.3) is 0 Å². The van der Waals surface area contributed by atoms with Gasteiger partial charge in [0, 0.05) is 25.7 Å². The number of aliphatic hydroxyl groups excluding tert-OH is 1. The van der Waals surface area contributed by atoms with Crippen molar-refractivity contribution < 1.29 is 24.2 Å². The van der Waals surface area contributed by atoms with Gasteiger partial charge in [-0.25, -0.2) is 0 Å². The summed E-state index contributed by atoms with van der Waals surface area (Å²) >= 11 is 0. The molecule has 2 unspecified atom stereocenters. The van der Waals surface area contributed by atoms with Gasteiger partial charge in [0.2, 0.25) is 0 Å². The van der Waals surface area contributed by atoms with E-state index >= 15 is 0 Å². The summed E-state index contributed by atoms with van der Waals surface area (Å²) in [5, 5.41) is 9.83. The van der Waals surface area contributed by atoms with Gasteiger partial charge in [-0.15, -0.1) is 0 Å². The predicted octanol–water partition coefficient (Wildman–Crippen LogP) is 14.0. The number of carbonyl (C=O) groups is 2. The maximum Gasteiger partial charge on any atom is 0.308 e. The Kier molecular flexibility index (Phi) is 39.9. The third kappa shape index (κ3) is 32.2. The highest BCUT2D eigenvalue weighted by Gasteiger charge is 2.25. The summed E-state index contributed by atoms with van der Waals surface area (Å²) in [5.41, 5.74) is 0. The highest BCUT2D eigenvalue weighted by Crippen LogP contribution is 2.26. The molecule has 1 aliphatic rings. The van der Waals surface area contributed by atoms with Crippen molar-refractivity contribution >= 4 is 11.9 Å². The summed E-state index contributed by atoms with van der Waals surface area (Å²) in [6.07, 6.45) is 41.7. The summed E-state index contributed by atoms with van der Waals surface area (Å²) < 4.78 is 11.7. The van der Waals surface area contributed by atoms with E-state index in [9.17, 15) is 14.7 Å². The van der Waals surface area contributed by atoms with Crippen molar-refractivity contribution in [3.8, 4) is 0 Å². The SMILES string of the molecule is CCCCCCCCC(CCCCCC)C(=O)OCCCCCCN(CCO)CCN(CCCCCCOC(=O)C(CCCCCC)CCCCCCCC)C1CCC1. The van der Waals surface area contributed by atoms with Crippen LogP contribution in [0.5, 0.6) is 0 Å². The normalized spacial score (nSPS) is 14.2. The Balaban J connectivity index is 2.33. The zero-order valence-corrected chi connectivity index (χ0v) is 40.1. The lowest BCUT2D eigenvalue weighted by Gasteiger charge is -2.39. The smallest absolute Gasteiger partial charge is 0.308 e. The van der Waals surface area contributed by atoms with Crippen LogP contribution in [0, 0.1) is 11.8 Å². The van der Waals surface area contributed by atoms with E-state index in [0.717, 1.165) is 129 Å². The number of ether oxygens (including phenoxy) is 2. The Morgan fingerprint density at radius 2 is 0.831 bits per heavy atom. The number of esters is 2. The Morgan fingerprint density at radius 1 is 0.458 bits per heavy atom. The second kappa shape index (κ2) is 42.1. The highest BCUT2D eigenvalue weighted by molar-refractivity contribution is 5.72. The second-order valence-corrected chi connectivity index (χ2v) is 18.6. The van der Waals surface area contributed by atoms with E-state index < -0.39 is 0 Å². The van der Waals surface area contributed by atoms with Gasteiger partial charge in [0.15, 0.2) is 0 Å². The lowest BCUT2D eigenvalue weighted by Crippen LogP contribution is -2.45. The molecule has 1 saturated carbocycles. The molecule has 0 amide bonds. The Labute approximate surface area is 367 Å². The first-order chi connectivity index (χ1) is 29.0.